The summed E-state index contributed by atoms with van der Waals surface area (Å²) in [4.78, 5) is 12.7. The number of ether oxygens (including phenoxy) is 1. The van der Waals surface area contributed by atoms with Gasteiger partial charge in [0, 0.05) is 19.3 Å². The van der Waals surface area contributed by atoms with Gasteiger partial charge in [-0.3, -0.25) is 4.79 Å². The molecule has 2 N–H and O–H groups in total. The lowest BCUT2D eigenvalue weighted by Gasteiger charge is -2.62. The van der Waals surface area contributed by atoms with Crippen molar-refractivity contribution >= 4 is 5.97 Å². The minimum Gasteiger partial charge on any atom is -0.458 e. The maximum atomic E-state index is 13.8. The summed E-state index contributed by atoms with van der Waals surface area (Å²) in [5, 5.41) is 21.4. The molecule has 4 saturated carbocycles. The van der Waals surface area contributed by atoms with E-state index in [1.54, 1.807) is 0 Å². The third kappa shape index (κ3) is 2.78. The molecule has 0 amide bonds. The molecule has 4 bridgehead atoms. The zero-order valence-corrected chi connectivity index (χ0v) is 15.2. The van der Waals surface area contributed by atoms with Crippen LogP contribution in [0.25, 0.3) is 0 Å². The van der Waals surface area contributed by atoms with E-state index in [0.717, 1.165) is 6.92 Å². The molecule has 4 fully saturated rings. The van der Waals surface area contributed by atoms with Crippen molar-refractivity contribution in [2.45, 2.75) is 89.2 Å². The smallest absolute Gasteiger partial charge is 0.405 e. The molecule has 4 aliphatic carbocycles. The molecule has 4 rings (SSSR count). The van der Waals surface area contributed by atoms with Crippen LogP contribution in [0.2, 0.25) is 0 Å². The second-order valence-corrected chi connectivity index (χ2v) is 9.90. The number of hydrogen-bond donors (Lipinski definition) is 2. The molecule has 0 spiro atoms. The molecule has 7 heteroatoms. The average Bonchev–Trinajstić information content (AvgIpc) is 2.29. The van der Waals surface area contributed by atoms with E-state index in [4.69, 9.17) is 4.74 Å². The first-order chi connectivity index (χ1) is 11.0. The lowest BCUT2D eigenvalue weighted by atomic mass is 9.50. The van der Waals surface area contributed by atoms with Crippen molar-refractivity contribution in [1.82, 2.24) is 0 Å². The first-order valence-electron chi connectivity index (χ1n) is 8.78. The van der Waals surface area contributed by atoms with Gasteiger partial charge in [-0.15, -0.1) is 0 Å². The van der Waals surface area contributed by atoms with Gasteiger partial charge in [0.2, 0.25) is 0 Å². The Morgan fingerprint density at radius 3 is 1.80 bits per heavy atom. The predicted octanol–water partition coefficient (Wildman–Crippen LogP) is 3.34. The van der Waals surface area contributed by atoms with Crippen LogP contribution in [0.1, 0.15) is 66.2 Å². The summed E-state index contributed by atoms with van der Waals surface area (Å²) in [6.45, 7) is 4.97. The van der Waals surface area contributed by atoms with Crippen molar-refractivity contribution < 1.29 is 32.9 Å². The molecule has 0 aliphatic heterocycles. The number of esters is 1. The van der Waals surface area contributed by atoms with E-state index in [1.165, 1.54) is 20.8 Å². The van der Waals surface area contributed by atoms with E-state index < -0.39 is 39.8 Å². The maximum absolute atomic E-state index is 13.8. The first kappa shape index (κ1) is 19.0. The number of alkyl halides is 3. The van der Waals surface area contributed by atoms with Crippen LogP contribution in [0.5, 0.6) is 0 Å². The Balaban J connectivity index is 1.92. The highest BCUT2D eigenvalue weighted by atomic mass is 19.4. The zero-order chi connectivity index (χ0) is 19.1. The second kappa shape index (κ2) is 4.91. The number of aliphatic hydroxyl groups is 2. The van der Waals surface area contributed by atoms with E-state index in [0.29, 0.717) is 19.3 Å². The Bertz CT molecular complexity index is 560. The second-order valence-electron chi connectivity index (χ2n) is 9.90. The molecule has 144 valence electrons. The monoisotopic (exact) mass is 364 g/mol. The summed E-state index contributed by atoms with van der Waals surface area (Å²) < 4.78 is 46.8. The molecule has 0 saturated heterocycles. The van der Waals surface area contributed by atoms with E-state index in [1.807, 2.05) is 0 Å². The predicted molar refractivity (Wildman–Crippen MR) is 83.5 cm³/mol. The number of carbonyl (C=O) groups excluding carboxylic acids is 1. The molecule has 4 aliphatic rings. The van der Waals surface area contributed by atoms with Crippen molar-refractivity contribution in [2.75, 3.05) is 0 Å². The summed E-state index contributed by atoms with van der Waals surface area (Å²) in [5.74, 6) is -1.35. The van der Waals surface area contributed by atoms with Gasteiger partial charge in [-0.2, -0.15) is 13.2 Å². The molecule has 4 nitrogen and oxygen atoms in total. The van der Waals surface area contributed by atoms with Crippen LogP contribution in [0.3, 0.4) is 0 Å². The molecule has 25 heavy (non-hydrogen) atoms. The van der Waals surface area contributed by atoms with E-state index in [2.05, 4.69) is 0 Å². The van der Waals surface area contributed by atoms with Crippen LogP contribution in [0.15, 0.2) is 0 Å². The van der Waals surface area contributed by atoms with Crippen LogP contribution < -0.4 is 0 Å². The summed E-state index contributed by atoms with van der Waals surface area (Å²) in [6, 6.07) is 0. The highest BCUT2D eigenvalue weighted by molar-refractivity contribution is 5.79. The van der Waals surface area contributed by atoms with E-state index in [-0.39, 0.29) is 25.2 Å². The summed E-state index contributed by atoms with van der Waals surface area (Å²) >= 11 is 0. The van der Waals surface area contributed by atoms with Gasteiger partial charge in [0.25, 0.3) is 0 Å². The van der Waals surface area contributed by atoms with Gasteiger partial charge < -0.3 is 14.9 Å². The van der Waals surface area contributed by atoms with E-state index in [9.17, 15) is 28.2 Å². The fourth-order valence-corrected chi connectivity index (χ4v) is 5.51. The molecule has 0 heterocycles. The van der Waals surface area contributed by atoms with Crippen LogP contribution >= 0.6 is 0 Å². The molecule has 0 aromatic carbocycles. The lowest BCUT2D eigenvalue weighted by molar-refractivity contribution is -0.287. The Morgan fingerprint density at radius 2 is 1.44 bits per heavy atom. The molecule has 3 atom stereocenters. The van der Waals surface area contributed by atoms with Crippen molar-refractivity contribution in [3.63, 3.8) is 0 Å². The number of halogens is 3. The average molecular weight is 364 g/mol. The number of hydrogen-bond acceptors (Lipinski definition) is 4. The topological polar surface area (TPSA) is 66.8 Å². The summed E-state index contributed by atoms with van der Waals surface area (Å²) in [7, 11) is 0. The Morgan fingerprint density at radius 1 is 0.960 bits per heavy atom. The number of carbonyl (C=O) groups is 1. The molecule has 3 unspecified atom stereocenters. The van der Waals surface area contributed by atoms with Gasteiger partial charge in [0.05, 0.1) is 11.2 Å². The number of rotatable bonds is 2. The SMILES string of the molecule is CC(C)(C)C(C)(C(=O)OC12CC3CC(O)(CC(O)(C3)C1)C2)C(F)(F)F. The third-order valence-electron chi connectivity index (χ3n) is 6.74. The van der Waals surface area contributed by atoms with Crippen molar-refractivity contribution in [3.05, 3.63) is 0 Å². The fourth-order valence-electron chi connectivity index (χ4n) is 5.51. The van der Waals surface area contributed by atoms with Gasteiger partial charge in [-0.1, -0.05) is 20.8 Å². The summed E-state index contributed by atoms with van der Waals surface area (Å²) in [5.41, 5.74) is -7.60. The third-order valence-corrected chi connectivity index (χ3v) is 6.74. The zero-order valence-electron chi connectivity index (χ0n) is 15.2. The minimum absolute atomic E-state index is 0.0363. The maximum Gasteiger partial charge on any atom is 0.405 e. The largest absolute Gasteiger partial charge is 0.458 e. The van der Waals surface area contributed by atoms with Gasteiger partial charge >= 0.3 is 12.1 Å². The normalized spacial score (nSPS) is 43.0. The van der Waals surface area contributed by atoms with Crippen molar-refractivity contribution in [1.29, 1.82) is 0 Å². The molecular weight excluding hydrogens is 337 g/mol. The molecule has 0 aromatic heterocycles. The van der Waals surface area contributed by atoms with Crippen molar-refractivity contribution in [3.8, 4) is 0 Å². The van der Waals surface area contributed by atoms with Crippen LogP contribution in [0, 0.1) is 16.7 Å². The molecule has 0 aromatic rings. The quantitative estimate of drug-likeness (QED) is 0.738. The van der Waals surface area contributed by atoms with Gasteiger partial charge in [0.15, 0.2) is 5.41 Å². The van der Waals surface area contributed by atoms with Gasteiger partial charge in [-0.05, 0) is 37.5 Å². The van der Waals surface area contributed by atoms with Crippen LogP contribution in [-0.4, -0.2) is 39.2 Å². The first-order valence-corrected chi connectivity index (χ1v) is 8.78. The molecular formula is C18H27F3O4. The Labute approximate surface area is 145 Å². The van der Waals surface area contributed by atoms with Crippen molar-refractivity contribution in [2.24, 2.45) is 16.7 Å². The van der Waals surface area contributed by atoms with Gasteiger partial charge in [-0.25, -0.2) is 0 Å². The fraction of sp³-hybridized carbons (Fsp3) is 0.944. The standard InChI is InChI=1S/C18H27F3O4/c1-13(2,3)14(4,18(19,20)21)12(22)25-17-7-11-5-15(23,9-17)8-16(24,6-11)10-17/h11,23-24H,5-10H2,1-4H3. The Hall–Kier alpha value is -0.820. The van der Waals surface area contributed by atoms with Crippen LogP contribution in [-0.2, 0) is 9.53 Å². The molecule has 0 radical (unpaired) electrons. The highest BCUT2D eigenvalue weighted by Crippen LogP contribution is 2.61. The lowest BCUT2D eigenvalue weighted by Crippen LogP contribution is -2.68. The highest BCUT2D eigenvalue weighted by Gasteiger charge is 2.68. The summed E-state index contributed by atoms with van der Waals surface area (Å²) in [6.07, 6.45) is -2.95. The van der Waals surface area contributed by atoms with Gasteiger partial charge in [0.1, 0.15) is 5.60 Å². The van der Waals surface area contributed by atoms with Crippen LogP contribution in [0.4, 0.5) is 13.2 Å². The van der Waals surface area contributed by atoms with E-state index >= 15 is 0 Å². The minimum atomic E-state index is -4.77. The Kier molecular flexibility index (Phi) is 3.72.